The minimum Gasteiger partial charge on any atom is -0.489 e. The van der Waals surface area contributed by atoms with Gasteiger partial charge in [0.25, 0.3) is 5.91 Å². The van der Waals surface area contributed by atoms with Crippen LogP contribution in [0.25, 0.3) is 5.65 Å². The van der Waals surface area contributed by atoms with Gasteiger partial charge in [0.2, 0.25) is 0 Å². The van der Waals surface area contributed by atoms with Crippen LogP contribution in [0.5, 0.6) is 5.75 Å². The summed E-state index contributed by atoms with van der Waals surface area (Å²) in [5.74, 6) is 0.251. The predicted molar refractivity (Wildman–Crippen MR) is 132 cm³/mol. The van der Waals surface area contributed by atoms with Gasteiger partial charge in [-0.15, -0.1) is 0 Å². The number of benzene rings is 1. The van der Waals surface area contributed by atoms with Crippen molar-refractivity contribution in [3.05, 3.63) is 65.1 Å². The molecule has 2 aliphatic carbocycles. The molecule has 0 unspecified atom stereocenters. The molecule has 2 heterocycles. The maximum Gasteiger partial charge on any atom is 0.311 e. The Kier molecular flexibility index (Phi) is 6.75. The molecular weight excluding hydrogens is 442 g/mol. The van der Waals surface area contributed by atoms with Crippen LogP contribution in [0.2, 0.25) is 0 Å². The number of esters is 1. The van der Waals surface area contributed by atoms with E-state index < -0.39 is 12.0 Å². The fourth-order valence-electron chi connectivity index (χ4n) is 5.66. The van der Waals surface area contributed by atoms with Gasteiger partial charge in [-0.3, -0.25) is 14.0 Å². The van der Waals surface area contributed by atoms with Gasteiger partial charge in [-0.2, -0.15) is 0 Å². The third-order valence-electron chi connectivity index (χ3n) is 7.51. The van der Waals surface area contributed by atoms with Gasteiger partial charge in [-0.05, 0) is 61.8 Å². The second kappa shape index (κ2) is 10.1. The maximum atomic E-state index is 13.6. The standard InChI is InChI=1S/C28H33N3O4/c1-18-25(31-16-8-13-23(26(31)29-18)35-17-19-9-4-3-5-10-19)27(32)30-24-21-12-7-6-11-20(21)14-15-22(24)28(33)34-2/h6-8,11-13,16,19,22,24H,3-5,9-10,14-15,17H2,1-2H3,(H,30,32)/t22-,24+/m1/s1. The van der Waals surface area contributed by atoms with Crippen LogP contribution in [0.3, 0.4) is 0 Å². The van der Waals surface area contributed by atoms with Crippen molar-refractivity contribution >= 4 is 17.5 Å². The fraction of sp³-hybridized carbons (Fsp3) is 0.464. The first-order chi connectivity index (χ1) is 17.1. The number of carbonyl (C=O) groups is 2. The maximum absolute atomic E-state index is 13.6. The van der Waals surface area contributed by atoms with E-state index in [1.54, 1.807) is 4.40 Å². The van der Waals surface area contributed by atoms with Crippen LogP contribution in [-0.2, 0) is 16.0 Å². The topological polar surface area (TPSA) is 81.9 Å². The number of hydrogen-bond donors (Lipinski definition) is 1. The summed E-state index contributed by atoms with van der Waals surface area (Å²) in [5, 5.41) is 3.14. The number of rotatable bonds is 6. The molecule has 1 amide bonds. The monoisotopic (exact) mass is 475 g/mol. The van der Waals surface area contributed by atoms with Crippen molar-refractivity contribution in [1.82, 2.24) is 14.7 Å². The lowest BCUT2D eigenvalue weighted by atomic mass is 9.79. The smallest absolute Gasteiger partial charge is 0.311 e. The molecule has 35 heavy (non-hydrogen) atoms. The molecule has 184 valence electrons. The highest BCUT2D eigenvalue weighted by Gasteiger charge is 2.37. The molecule has 5 rings (SSSR count). The molecule has 2 aromatic heterocycles. The summed E-state index contributed by atoms with van der Waals surface area (Å²) in [7, 11) is 1.39. The van der Waals surface area contributed by atoms with Crippen LogP contribution in [0.4, 0.5) is 0 Å². The molecule has 0 spiro atoms. The van der Waals surface area contributed by atoms with Crippen LogP contribution in [-0.4, -0.2) is 35.0 Å². The third-order valence-corrected chi connectivity index (χ3v) is 7.51. The molecule has 0 bridgehead atoms. The Hall–Kier alpha value is -3.35. The zero-order valence-corrected chi connectivity index (χ0v) is 20.5. The second-order valence-electron chi connectivity index (χ2n) is 9.75. The number of pyridine rings is 1. The summed E-state index contributed by atoms with van der Waals surface area (Å²) in [4.78, 5) is 30.9. The van der Waals surface area contributed by atoms with Crippen molar-refractivity contribution in [3.63, 3.8) is 0 Å². The molecule has 7 heteroatoms. The third kappa shape index (κ3) is 4.64. The van der Waals surface area contributed by atoms with E-state index in [1.165, 1.54) is 39.2 Å². The Bertz CT molecular complexity index is 1230. The number of carbonyl (C=O) groups excluding carboxylic acids is 2. The van der Waals surface area contributed by atoms with Gasteiger partial charge in [-0.1, -0.05) is 43.5 Å². The van der Waals surface area contributed by atoms with Crippen molar-refractivity contribution in [2.75, 3.05) is 13.7 Å². The van der Waals surface area contributed by atoms with Crippen LogP contribution in [0.1, 0.15) is 71.9 Å². The van der Waals surface area contributed by atoms with Gasteiger partial charge in [0, 0.05) is 6.20 Å². The van der Waals surface area contributed by atoms with Crippen molar-refractivity contribution in [2.45, 2.75) is 57.9 Å². The summed E-state index contributed by atoms with van der Waals surface area (Å²) in [6.07, 6.45) is 9.49. The number of imidazole rings is 1. The van der Waals surface area contributed by atoms with Gasteiger partial charge < -0.3 is 14.8 Å². The zero-order chi connectivity index (χ0) is 24.4. The van der Waals surface area contributed by atoms with Gasteiger partial charge in [0.05, 0.1) is 31.4 Å². The first kappa shape index (κ1) is 23.4. The number of ether oxygens (including phenoxy) is 2. The first-order valence-electron chi connectivity index (χ1n) is 12.6. The minimum atomic E-state index is -0.462. The number of aryl methyl sites for hydroxylation is 2. The lowest BCUT2D eigenvalue weighted by molar-refractivity contribution is -0.147. The highest BCUT2D eigenvalue weighted by molar-refractivity contribution is 5.95. The highest BCUT2D eigenvalue weighted by atomic mass is 16.5. The molecule has 7 nitrogen and oxygen atoms in total. The number of nitrogens with one attached hydrogen (secondary N) is 1. The number of fused-ring (bicyclic) bond motifs is 2. The van der Waals surface area contributed by atoms with Gasteiger partial charge >= 0.3 is 5.97 Å². The highest BCUT2D eigenvalue weighted by Crippen LogP contribution is 2.36. The van der Waals surface area contributed by atoms with Gasteiger partial charge in [0.1, 0.15) is 5.69 Å². The minimum absolute atomic E-state index is 0.268. The Morgan fingerprint density at radius 3 is 2.69 bits per heavy atom. The van der Waals surface area contributed by atoms with E-state index in [-0.39, 0.29) is 11.9 Å². The summed E-state index contributed by atoms with van der Waals surface area (Å²) >= 11 is 0. The Morgan fingerprint density at radius 1 is 1.09 bits per heavy atom. The molecule has 1 saturated carbocycles. The van der Waals surface area contributed by atoms with E-state index in [0.29, 0.717) is 41.7 Å². The lowest BCUT2D eigenvalue weighted by Crippen LogP contribution is -2.40. The molecule has 0 radical (unpaired) electrons. The molecular formula is C28H33N3O4. The number of amides is 1. The number of aromatic nitrogens is 2. The average molecular weight is 476 g/mol. The Morgan fingerprint density at radius 2 is 1.89 bits per heavy atom. The lowest BCUT2D eigenvalue weighted by Gasteiger charge is -2.32. The first-order valence-corrected chi connectivity index (χ1v) is 12.6. The van der Waals surface area contributed by atoms with E-state index in [4.69, 9.17) is 14.5 Å². The van der Waals surface area contributed by atoms with Crippen molar-refractivity contribution in [1.29, 1.82) is 0 Å². The summed E-state index contributed by atoms with van der Waals surface area (Å²) < 4.78 is 13.1. The molecule has 2 atom stereocenters. The quantitative estimate of drug-likeness (QED) is 0.518. The SMILES string of the molecule is COC(=O)[C@@H]1CCc2ccccc2[C@@H]1NC(=O)c1c(C)nc2c(OCC3CCCCC3)cccn12. The molecule has 0 aliphatic heterocycles. The average Bonchev–Trinajstić information content (AvgIpc) is 3.24. The summed E-state index contributed by atoms with van der Waals surface area (Å²) in [6, 6.07) is 11.3. The largest absolute Gasteiger partial charge is 0.489 e. The van der Waals surface area contributed by atoms with Crippen molar-refractivity contribution in [2.24, 2.45) is 11.8 Å². The van der Waals surface area contributed by atoms with Gasteiger partial charge in [-0.25, -0.2) is 4.98 Å². The zero-order valence-electron chi connectivity index (χ0n) is 20.5. The van der Waals surface area contributed by atoms with E-state index in [0.717, 1.165) is 17.5 Å². The Labute approximate surface area is 205 Å². The van der Waals surface area contributed by atoms with Crippen LogP contribution >= 0.6 is 0 Å². The van der Waals surface area contributed by atoms with Crippen LogP contribution in [0, 0.1) is 18.8 Å². The predicted octanol–water partition coefficient (Wildman–Crippen LogP) is 4.81. The molecule has 3 aromatic rings. The van der Waals surface area contributed by atoms with Crippen LogP contribution in [0.15, 0.2) is 42.6 Å². The van der Waals surface area contributed by atoms with Crippen molar-refractivity contribution < 1.29 is 19.1 Å². The summed E-state index contributed by atoms with van der Waals surface area (Å²) in [5.41, 5.74) is 3.82. The number of nitrogens with zero attached hydrogens (tertiary/aromatic N) is 2. The van der Waals surface area contributed by atoms with Gasteiger partial charge in [0.15, 0.2) is 11.4 Å². The fourth-order valence-corrected chi connectivity index (χ4v) is 5.66. The molecule has 1 fully saturated rings. The van der Waals surface area contributed by atoms with E-state index in [2.05, 4.69) is 11.4 Å². The van der Waals surface area contributed by atoms with Crippen molar-refractivity contribution in [3.8, 4) is 5.75 Å². The second-order valence-corrected chi connectivity index (χ2v) is 9.75. The molecule has 0 saturated heterocycles. The molecule has 1 N–H and O–H groups in total. The summed E-state index contributed by atoms with van der Waals surface area (Å²) in [6.45, 7) is 2.51. The normalized spacial score (nSPS) is 20.3. The number of hydrogen-bond acceptors (Lipinski definition) is 5. The van der Waals surface area contributed by atoms with E-state index >= 15 is 0 Å². The van der Waals surface area contributed by atoms with E-state index in [1.807, 2.05) is 43.5 Å². The molecule has 2 aliphatic rings. The Balaban J connectivity index is 1.42. The van der Waals surface area contributed by atoms with E-state index in [9.17, 15) is 9.59 Å². The number of methoxy groups -OCH3 is 1. The molecule has 1 aromatic carbocycles. The van der Waals surface area contributed by atoms with Crippen LogP contribution < -0.4 is 10.1 Å².